The first-order valence-corrected chi connectivity index (χ1v) is 6.79. The molecule has 4 nitrogen and oxygen atoms in total. The molecule has 3 rings (SSSR count). The number of ether oxygens (including phenoxy) is 1. The molecule has 0 spiro atoms. The zero-order chi connectivity index (χ0) is 13.1. The molecule has 0 amide bonds. The number of hydrogen-bond donors (Lipinski definition) is 0. The van der Waals surface area contributed by atoms with Crippen LogP contribution in [0.15, 0.2) is 53.1 Å². The molecule has 0 aliphatic rings. The van der Waals surface area contributed by atoms with Crippen LogP contribution >= 0.6 is 15.9 Å². The van der Waals surface area contributed by atoms with Crippen LogP contribution in [0.4, 0.5) is 0 Å². The van der Waals surface area contributed by atoms with Crippen LogP contribution in [0.1, 0.15) is 5.82 Å². The van der Waals surface area contributed by atoms with E-state index in [-0.39, 0.29) is 0 Å². The first kappa shape index (κ1) is 12.2. The molecule has 0 aliphatic heterocycles. The average molecular weight is 318 g/mol. The number of fused-ring (bicyclic) bond motifs is 1. The van der Waals surface area contributed by atoms with E-state index in [1.54, 1.807) is 0 Å². The molecule has 0 saturated heterocycles. The van der Waals surface area contributed by atoms with Gasteiger partial charge in [-0.15, -0.1) is 10.2 Å². The Morgan fingerprint density at radius 1 is 1.11 bits per heavy atom. The highest BCUT2D eigenvalue weighted by molar-refractivity contribution is 9.10. The molecule has 0 fully saturated rings. The Bertz CT molecular complexity index is 681. The van der Waals surface area contributed by atoms with Crippen molar-refractivity contribution < 1.29 is 4.74 Å². The fourth-order valence-electron chi connectivity index (χ4n) is 1.86. The lowest BCUT2D eigenvalue weighted by Crippen LogP contribution is -2.04. The van der Waals surface area contributed by atoms with Gasteiger partial charge < -0.3 is 4.74 Å². The van der Waals surface area contributed by atoms with Crippen molar-refractivity contribution in [3.8, 4) is 5.75 Å². The summed E-state index contributed by atoms with van der Waals surface area (Å²) in [6.07, 6.45) is 2.68. The molecule has 1 aromatic carbocycles. The van der Waals surface area contributed by atoms with Gasteiger partial charge in [0.1, 0.15) is 11.6 Å². The monoisotopic (exact) mass is 317 g/mol. The Balaban J connectivity index is 1.69. The molecule has 0 atom stereocenters. The highest BCUT2D eigenvalue weighted by Gasteiger charge is 2.05. The smallest absolute Gasteiger partial charge is 0.161 e. The molecule has 2 aromatic heterocycles. The average Bonchev–Trinajstić information content (AvgIpc) is 2.82. The SMILES string of the molecule is Brc1ccn2c(CCOc3ccccc3)nnc2c1. The van der Waals surface area contributed by atoms with Crippen LogP contribution in [0, 0.1) is 0 Å². The van der Waals surface area contributed by atoms with Gasteiger partial charge in [-0.05, 0) is 24.3 Å². The summed E-state index contributed by atoms with van der Waals surface area (Å²) in [5.74, 6) is 1.78. The summed E-state index contributed by atoms with van der Waals surface area (Å²) in [5, 5.41) is 8.31. The van der Waals surface area contributed by atoms with Gasteiger partial charge in [-0.2, -0.15) is 0 Å². The fraction of sp³-hybridized carbons (Fsp3) is 0.143. The van der Waals surface area contributed by atoms with E-state index in [4.69, 9.17) is 4.74 Å². The second-order valence-corrected chi connectivity index (χ2v) is 5.02. The first-order valence-electron chi connectivity index (χ1n) is 6.00. The number of benzene rings is 1. The summed E-state index contributed by atoms with van der Waals surface area (Å²) in [6, 6.07) is 13.7. The number of para-hydroxylation sites is 1. The molecule has 5 heteroatoms. The first-order chi connectivity index (χ1) is 9.33. The highest BCUT2D eigenvalue weighted by Crippen LogP contribution is 2.13. The minimum Gasteiger partial charge on any atom is -0.493 e. The van der Waals surface area contributed by atoms with Gasteiger partial charge in [-0.25, -0.2) is 0 Å². The predicted octanol–water partition coefficient (Wildman–Crippen LogP) is 3.11. The molecule has 2 heterocycles. The van der Waals surface area contributed by atoms with Crippen LogP contribution in [0.2, 0.25) is 0 Å². The normalized spacial score (nSPS) is 10.8. The Morgan fingerprint density at radius 2 is 1.95 bits per heavy atom. The van der Waals surface area contributed by atoms with Crippen molar-refractivity contribution in [2.24, 2.45) is 0 Å². The van der Waals surface area contributed by atoms with E-state index < -0.39 is 0 Å². The van der Waals surface area contributed by atoms with Crippen molar-refractivity contribution in [2.45, 2.75) is 6.42 Å². The maximum absolute atomic E-state index is 5.66. The van der Waals surface area contributed by atoms with E-state index in [1.807, 2.05) is 53.1 Å². The van der Waals surface area contributed by atoms with E-state index in [0.29, 0.717) is 6.61 Å². The van der Waals surface area contributed by atoms with Gasteiger partial charge >= 0.3 is 0 Å². The number of nitrogens with zero attached hydrogens (tertiary/aromatic N) is 3. The Morgan fingerprint density at radius 3 is 2.79 bits per heavy atom. The lowest BCUT2D eigenvalue weighted by Gasteiger charge is -2.04. The molecule has 0 N–H and O–H groups in total. The second kappa shape index (κ2) is 5.40. The predicted molar refractivity (Wildman–Crippen MR) is 76.3 cm³/mol. The molecular formula is C14H12BrN3O. The minimum atomic E-state index is 0.584. The molecule has 0 unspecified atom stereocenters. The highest BCUT2D eigenvalue weighted by atomic mass is 79.9. The van der Waals surface area contributed by atoms with Crippen molar-refractivity contribution in [3.63, 3.8) is 0 Å². The lowest BCUT2D eigenvalue weighted by atomic mass is 10.3. The molecule has 0 bridgehead atoms. The van der Waals surface area contributed by atoms with Crippen LogP contribution in [-0.2, 0) is 6.42 Å². The quantitative estimate of drug-likeness (QED) is 0.742. The third-order valence-corrected chi connectivity index (χ3v) is 3.27. The van der Waals surface area contributed by atoms with E-state index in [1.165, 1.54) is 0 Å². The van der Waals surface area contributed by atoms with E-state index in [0.717, 1.165) is 28.1 Å². The van der Waals surface area contributed by atoms with Crippen molar-refractivity contribution in [1.82, 2.24) is 14.6 Å². The van der Waals surface area contributed by atoms with Crippen molar-refractivity contribution in [2.75, 3.05) is 6.61 Å². The Labute approximate surface area is 119 Å². The number of aromatic nitrogens is 3. The second-order valence-electron chi connectivity index (χ2n) is 4.10. The summed E-state index contributed by atoms with van der Waals surface area (Å²) in [5.41, 5.74) is 0.837. The molecule has 0 aliphatic carbocycles. The summed E-state index contributed by atoms with van der Waals surface area (Å²) in [6.45, 7) is 0.584. The van der Waals surface area contributed by atoms with Gasteiger partial charge in [0, 0.05) is 17.1 Å². The summed E-state index contributed by atoms with van der Waals surface area (Å²) >= 11 is 3.42. The van der Waals surface area contributed by atoms with Crippen LogP contribution in [0.5, 0.6) is 5.75 Å². The van der Waals surface area contributed by atoms with Crippen LogP contribution in [-0.4, -0.2) is 21.2 Å². The van der Waals surface area contributed by atoms with Crippen molar-refractivity contribution in [1.29, 1.82) is 0 Å². The van der Waals surface area contributed by atoms with Crippen molar-refractivity contribution >= 4 is 21.6 Å². The largest absolute Gasteiger partial charge is 0.493 e. The number of hydrogen-bond acceptors (Lipinski definition) is 3. The van der Waals surface area contributed by atoms with Crippen LogP contribution in [0.25, 0.3) is 5.65 Å². The molecular weight excluding hydrogens is 306 g/mol. The Kier molecular flexibility index (Phi) is 3.46. The number of pyridine rings is 1. The van der Waals surface area contributed by atoms with Crippen molar-refractivity contribution in [3.05, 3.63) is 59.0 Å². The van der Waals surface area contributed by atoms with Gasteiger partial charge in [0.25, 0.3) is 0 Å². The minimum absolute atomic E-state index is 0.584. The summed E-state index contributed by atoms with van der Waals surface area (Å²) in [7, 11) is 0. The van der Waals surface area contributed by atoms with E-state index >= 15 is 0 Å². The summed E-state index contributed by atoms with van der Waals surface area (Å²) in [4.78, 5) is 0. The lowest BCUT2D eigenvalue weighted by molar-refractivity contribution is 0.318. The maximum atomic E-state index is 5.66. The molecule has 0 radical (unpaired) electrons. The molecule has 96 valence electrons. The van der Waals surface area contributed by atoms with Gasteiger partial charge in [-0.3, -0.25) is 4.40 Å². The number of halogens is 1. The zero-order valence-electron chi connectivity index (χ0n) is 10.2. The standard InChI is InChI=1S/C14H12BrN3O/c15-11-6-8-18-13(16-17-14(18)10-11)7-9-19-12-4-2-1-3-5-12/h1-6,8,10H,7,9H2. The summed E-state index contributed by atoms with van der Waals surface area (Å²) < 4.78 is 8.63. The number of rotatable bonds is 4. The third kappa shape index (κ3) is 2.76. The van der Waals surface area contributed by atoms with Gasteiger partial charge in [-0.1, -0.05) is 34.1 Å². The van der Waals surface area contributed by atoms with E-state index in [2.05, 4.69) is 26.1 Å². The molecule has 0 saturated carbocycles. The maximum Gasteiger partial charge on any atom is 0.161 e. The molecule has 3 aromatic rings. The third-order valence-electron chi connectivity index (χ3n) is 2.78. The zero-order valence-corrected chi connectivity index (χ0v) is 11.7. The fourth-order valence-corrected chi connectivity index (χ4v) is 2.19. The van der Waals surface area contributed by atoms with E-state index in [9.17, 15) is 0 Å². The van der Waals surface area contributed by atoms with Gasteiger partial charge in [0.2, 0.25) is 0 Å². The van der Waals surface area contributed by atoms with Crippen LogP contribution in [0.3, 0.4) is 0 Å². The van der Waals surface area contributed by atoms with Crippen LogP contribution < -0.4 is 4.74 Å². The molecule has 19 heavy (non-hydrogen) atoms. The van der Waals surface area contributed by atoms with Gasteiger partial charge in [0.15, 0.2) is 5.65 Å². The van der Waals surface area contributed by atoms with Gasteiger partial charge in [0.05, 0.1) is 6.61 Å². The topological polar surface area (TPSA) is 39.4 Å². The Hall–Kier alpha value is -1.88.